The first kappa shape index (κ1) is 43.3. The van der Waals surface area contributed by atoms with Crippen molar-refractivity contribution in [3.05, 3.63) is 185 Å². The molecule has 0 fully saturated rings. The highest BCUT2D eigenvalue weighted by atomic mass is 15.2. The predicted molar refractivity (Wildman–Crippen MR) is 290 cm³/mol. The summed E-state index contributed by atoms with van der Waals surface area (Å²) in [5, 5.41) is 6.59. The van der Waals surface area contributed by atoms with E-state index in [4.69, 9.17) is 0 Å². The van der Waals surface area contributed by atoms with Crippen LogP contribution in [0.4, 0.5) is 28.4 Å². The van der Waals surface area contributed by atoms with E-state index in [0.717, 1.165) is 12.1 Å². The molecule has 2 nitrogen and oxygen atoms in total. The number of nitrogens with one attached hydrogen (secondary N) is 1. The van der Waals surface area contributed by atoms with Crippen molar-refractivity contribution in [3.8, 4) is 33.4 Å². The smallest absolute Gasteiger partial charge is 0.197 e. The third-order valence-electron chi connectivity index (χ3n) is 16.3. The van der Waals surface area contributed by atoms with E-state index < -0.39 is 0 Å². The zero-order valence-electron chi connectivity index (χ0n) is 41.3. The van der Waals surface area contributed by atoms with E-state index in [0.29, 0.717) is 0 Å². The van der Waals surface area contributed by atoms with E-state index in [2.05, 4.69) is 238 Å². The zero-order valence-corrected chi connectivity index (χ0v) is 41.3. The Bertz CT molecular complexity index is 3260. The fourth-order valence-corrected chi connectivity index (χ4v) is 11.8. The fraction of sp³-hybridized carbons (Fsp3) is 0.281. The molecule has 333 valence electrons. The molecule has 0 amide bonds. The maximum absolute atomic E-state index is 4.12. The number of nitrogens with zero attached hydrogens (tertiary/aromatic N) is 1. The molecular formula is C64H64BN2. The average molecular weight is 872 g/mol. The molecule has 11 rings (SSSR count). The lowest BCUT2D eigenvalue weighted by atomic mass is 9.57. The fourth-order valence-electron chi connectivity index (χ4n) is 11.8. The van der Waals surface area contributed by atoms with Crippen molar-refractivity contribution in [3.63, 3.8) is 0 Å². The topological polar surface area (TPSA) is 15.3 Å². The van der Waals surface area contributed by atoms with Gasteiger partial charge in [-0.25, -0.2) is 0 Å². The van der Waals surface area contributed by atoms with Gasteiger partial charge in [-0.1, -0.05) is 176 Å². The first-order chi connectivity index (χ1) is 32.0. The molecule has 8 aromatic rings. The lowest BCUT2D eigenvalue weighted by Crippen LogP contribution is -2.41. The van der Waals surface area contributed by atoms with Gasteiger partial charge in [0.1, 0.15) is 0 Å². The molecule has 1 aliphatic heterocycles. The molecule has 8 aromatic carbocycles. The summed E-state index contributed by atoms with van der Waals surface area (Å²) in [7, 11) is 2.48. The first-order valence-electron chi connectivity index (χ1n) is 24.7. The van der Waals surface area contributed by atoms with Gasteiger partial charge < -0.3 is 10.2 Å². The van der Waals surface area contributed by atoms with E-state index >= 15 is 0 Å². The Morgan fingerprint density at radius 3 is 1.58 bits per heavy atom. The summed E-state index contributed by atoms with van der Waals surface area (Å²) < 4.78 is 0. The Morgan fingerprint density at radius 1 is 0.433 bits per heavy atom. The highest BCUT2D eigenvalue weighted by Gasteiger charge is 2.40. The van der Waals surface area contributed by atoms with E-state index in [1.807, 2.05) is 0 Å². The number of fused-ring (bicyclic) bond motifs is 5. The summed E-state index contributed by atoms with van der Waals surface area (Å²) in [6, 6.07) is 57.5. The lowest BCUT2D eigenvalue weighted by Gasteiger charge is -2.44. The van der Waals surface area contributed by atoms with Crippen molar-refractivity contribution in [2.45, 2.75) is 117 Å². The van der Waals surface area contributed by atoms with Crippen LogP contribution in [0.1, 0.15) is 114 Å². The minimum absolute atomic E-state index is 0.0551. The van der Waals surface area contributed by atoms with Crippen molar-refractivity contribution in [2.24, 2.45) is 0 Å². The molecule has 1 heterocycles. The van der Waals surface area contributed by atoms with E-state index in [9.17, 15) is 0 Å². The predicted octanol–water partition coefficient (Wildman–Crippen LogP) is 16.3. The average Bonchev–Trinajstić information content (AvgIpc) is 3.32. The van der Waals surface area contributed by atoms with Crippen molar-refractivity contribution < 1.29 is 0 Å². The van der Waals surface area contributed by atoms with Crippen molar-refractivity contribution in [1.82, 2.24) is 0 Å². The second-order valence-electron chi connectivity index (χ2n) is 22.7. The van der Waals surface area contributed by atoms with E-state index in [1.165, 1.54) is 130 Å². The Kier molecular flexibility index (Phi) is 10.1. The molecule has 0 unspecified atom stereocenters. The van der Waals surface area contributed by atoms with Crippen LogP contribution >= 0.6 is 0 Å². The molecule has 1 radical (unpaired) electrons. The Labute approximate surface area is 400 Å². The third kappa shape index (κ3) is 7.32. The van der Waals surface area contributed by atoms with Crippen LogP contribution < -0.4 is 21.1 Å². The first-order valence-corrected chi connectivity index (χ1v) is 24.7. The van der Waals surface area contributed by atoms with Crippen LogP contribution in [0, 0.1) is 13.8 Å². The van der Waals surface area contributed by atoms with Gasteiger partial charge in [0.05, 0.1) is 0 Å². The van der Waals surface area contributed by atoms with Gasteiger partial charge in [-0.15, -0.1) is 0 Å². The molecule has 0 atom stereocenters. The quantitative estimate of drug-likeness (QED) is 0.168. The van der Waals surface area contributed by atoms with Crippen LogP contribution in [0.2, 0.25) is 0 Å². The van der Waals surface area contributed by atoms with Crippen molar-refractivity contribution >= 4 is 57.4 Å². The lowest BCUT2D eigenvalue weighted by molar-refractivity contribution is 0.332. The molecule has 0 bridgehead atoms. The van der Waals surface area contributed by atoms with Gasteiger partial charge >= 0.3 is 0 Å². The van der Waals surface area contributed by atoms with Gasteiger partial charge in [0.15, 0.2) is 7.28 Å². The molecule has 3 heteroatoms. The number of anilines is 5. The number of hydrogen-bond donors (Lipinski definition) is 1. The van der Waals surface area contributed by atoms with Gasteiger partial charge in [0, 0.05) is 34.0 Å². The second kappa shape index (κ2) is 15.6. The van der Waals surface area contributed by atoms with Crippen molar-refractivity contribution in [1.29, 1.82) is 0 Å². The van der Waals surface area contributed by atoms with E-state index in [-0.39, 0.29) is 21.7 Å². The van der Waals surface area contributed by atoms with Crippen molar-refractivity contribution in [2.75, 3.05) is 10.2 Å². The van der Waals surface area contributed by atoms with Crippen LogP contribution in [0.15, 0.2) is 152 Å². The summed E-state index contributed by atoms with van der Waals surface area (Å²) in [6.07, 6.45) is 4.72. The Hall–Kier alpha value is -6.32. The van der Waals surface area contributed by atoms with Crippen LogP contribution in [0.5, 0.6) is 0 Å². The van der Waals surface area contributed by atoms with Crippen LogP contribution in [0.3, 0.4) is 0 Å². The summed E-state index contributed by atoms with van der Waals surface area (Å²) in [4.78, 5) is 2.62. The Balaban J connectivity index is 1.19. The molecule has 0 saturated carbocycles. The summed E-state index contributed by atoms with van der Waals surface area (Å²) in [5.74, 6) is 0. The van der Waals surface area contributed by atoms with Gasteiger partial charge in [0.2, 0.25) is 0 Å². The molecule has 67 heavy (non-hydrogen) atoms. The molecule has 0 saturated heterocycles. The highest BCUT2D eigenvalue weighted by Crippen LogP contribution is 2.52. The largest absolute Gasteiger partial charge is 0.355 e. The maximum atomic E-state index is 4.12. The van der Waals surface area contributed by atoms with Crippen LogP contribution in [-0.4, -0.2) is 7.28 Å². The number of hydrogen-bond acceptors (Lipinski definition) is 2. The maximum Gasteiger partial charge on any atom is 0.197 e. The molecule has 0 aromatic heterocycles. The summed E-state index contributed by atoms with van der Waals surface area (Å²) in [5.41, 5.74) is 24.5. The number of aryl methyl sites for hydroxylation is 2. The number of benzene rings is 8. The van der Waals surface area contributed by atoms with E-state index in [1.54, 1.807) is 0 Å². The summed E-state index contributed by atoms with van der Waals surface area (Å²) in [6.45, 7) is 24.1. The number of rotatable bonds is 6. The SMILES string of the molecule is Cc1cc2c(cc1Nc1ccc(-c3ccccc3)cc1-c1c3c(cc4ccccc14)N(c1cc4c(cc1C)C(C)(C)CCC4(C)C)c1cc(-c4ccccc4)ccc1[B]3)C(C)(C)CCC2(C)C. The molecular weight excluding hydrogens is 808 g/mol. The standard InChI is InChI=1S/C64H64BN2/c1-40-33-49-51(63(7,8)31-29-61(49,3)4)38-55(40)66-54-28-26-44(42-19-13-11-14-20-42)35-48(54)59-47-24-18-17-23-46(47)37-58-60(59)65-53-27-25-45(43-21-15-12-16-22-43)36-57(53)67(58)56-39-52-50(34-41(56)2)62(5,6)30-32-64(52,9)10/h11-28,33-39,66H,29-32H2,1-10H3. The monoisotopic (exact) mass is 872 g/mol. The van der Waals surface area contributed by atoms with Gasteiger partial charge in [-0.05, 0) is 175 Å². The molecule has 1 N–H and O–H groups in total. The summed E-state index contributed by atoms with van der Waals surface area (Å²) >= 11 is 0. The second-order valence-corrected chi connectivity index (χ2v) is 22.7. The molecule has 3 aliphatic rings. The minimum atomic E-state index is 0.0551. The third-order valence-corrected chi connectivity index (χ3v) is 16.3. The van der Waals surface area contributed by atoms with Gasteiger partial charge in [0.25, 0.3) is 0 Å². The zero-order chi connectivity index (χ0) is 46.6. The van der Waals surface area contributed by atoms with Gasteiger partial charge in [-0.3, -0.25) is 0 Å². The van der Waals surface area contributed by atoms with Crippen LogP contribution in [-0.2, 0) is 21.7 Å². The normalized spacial score (nSPS) is 17.1. The molecule has 2 aliphatic carbocycles. The minimum Gasteiger partial charge on any atom is -0.355 e. The molecule has 0 spiro atoms. The highest BCUT2D eigenvalue weighted by molar-refractivity contribution is 6.73. The van der Waals surface area contributed by atoms with Gasteiger partial charge in [-0.2, -0.15) is 0 Å². The Morgan fingerprint density at radius 2 is 0.955 bits per heavy atom. The van der Waals surface area contributed by atoms with Crippen LogP contribution in [0.25, 0.3) is 44.2 Å².